The summed E-state index contributed by atoms with van der Waals surface area (Å²) >= 11 is 0. The van der Waals surface area contributed by atoms with E-state index in [4.69, 9.17) is 5.73 Å². The first-order chi connectivity index (χ1) is 8.23. The minimum absolute atomic E-state index is 0.0964. The quantitative estimate of drug-likeness (QED) is 0.864. The molecule has 2 nitrogen and oxygen atoms in total. The van der Waals surface area contributed by atoms with Gasteiger partial charge >= 0.3 is 0 Å². The van der Waals surface area contributed by atoms with Gasteiger partial charge in [0, 0.05) is 24.3 Å². The number of rotatable bonds is 3. The molecule has 2 atom stereocenters. The third-order valence-corrected chi connectivity index (χ3v) is 4.46. The number of nitrogens with zero attached hydrogens (tertiary/aromatic N) is 1. The van der Waals surface area contributed by atoms with Crippen molar-refractivity contribution >= 4 is 5.69 Å². The fraction of sp³-hybridized carbons (Fsp3) is 0.600. The molecule has 2 heteroatoms. The van der Waals surface area contributed by atoms with Crippen LogP contribution < -0.4 is 10.6 Å². The molecule has 2 unspecified atom stereocenters. The van der Waals surface area contributed by atoms with Crippen LogP contribution in [0.15, 0.2) is 24.3 Å². The maximum atomic E-state index is 6.45. The third kappa shape index (κ3) is 1.95. The van der Waals surface area contributed by atoms with E-state index < -0.39 is 0 Å². The van der Waals surface area contributed by atoms with Gasteiger partial charge in [0.2, 0.25) is 0 Å². The molecule has 0 bridgehead atoms. The molecule has 0 radical (unpaired) electrons. The molecule has 3 rings (SSSR count). The van der Waals surface area contributed by atoms with Crippen molar-refractivity contribution in [1.29, 1.82) is 0 Å². The molecule has 1 aliphatic carbocycles. The molecule has 1 saturated carbocycles. The summed E-state index contributed by atoms with van der Waals surface area (Å²) in [5.74, 6) is 0.747. The summed E-state index contributed by atoms with van der Waals surface area (Å²) in [6.45, 7) is 4.47. The molecule has 17 heavy (non-hydrogen) atoms. The molecular formula is C15H22N2. The van der Waals surface area contributed by atoms with E-state index in [1.165, 1.54) is 43.5 Å². The summed E-state index contributed by atoms with van der Waals surface area (Å²) in [4.78, 5) is 2.51. The van der Waals surface area contributed by atoms with Gasteiger partial charge in [0.25, 0.3) is 0 Å². The topological polar surface area (TPSA) is 29.3 Å². The largest absolute Gasteiger partial charge is 0.369 e. The van der Waals surface area contributed by atoms with Crippen LogP contribution in [0.4, 0.5) is 5.69 Å². The fourth-order valence-corrected chi connectivity index (χ4v) is 3.28. The number of nitrogens with two attached hydrogens (primary N) is 1. The van der Waals surface area contributed by atoms with Gasteiger partial charge in [-0.2, -0.15) is 0 Å². The second-order valence-electron chi connectivity index (χ2n) is 5.70. The highest BCUT2D eigenvalue weighted by Crippen LogP contribution is 2.45. The highest BCUT2D eigenvalue weighted by molar-refractivity contribution is 5.56. The monoisotopic (exact) mass is 230 g/mol. The van der Waals surface area contributed by atoms with Crippen LogP contribution in [0.25, 0.3) is 0 Å². The zero-order valence-corrected chi connectivity index (χ0v) is 10.7. The molecule has 1 aromatic rings. The molecule has 1 aliphatic heterocycles. The molecule has 2 N–H and O–H groups in total. The van der Waals surface area contributed by atoms with Crippen LogP contribution in [0.1, 0.15) is 31.7 Å². The number of anilines is 1. The van der Waals surface area contributed by atoms with Gasteiger partial charge in [-0.3, -0.25) is 0 Å². The number of hydrogen-bond donors (Lipinski definition) is 1. The first-order valence-electron chi connectivity index (χ1n) is 6.85. The average Bonchev–Trinajstić information content (AvgIpc) is 3.01. The predicted molar refractivity (Wildman–Crippen MR) is 72.3 cm³/mol. The Morgan fingerprint density at radius 1 is 1.41 bits per heavy atom. The average molecular weight is 230 g/mol. The molecule has 1 heterocycles. The van der Waals surface area contributed by atoms with Crippen LogP contribution >= 0.6 is 0 Å². The summed E-state index contributed by atoms with van der Waals surface area (Å²) in [5.41, 5.74) is 9.46. The van der Waals surface area contributed by atoms with E-state index in [1.54, 1.807) is 0 Å². The highest BCUT2D eigenvalue weighted by atomic mass is 15.2. The molecular weight excluding hydrogens is 208 g/mol. The molecule has 2 aliphatic rings. The van der Waals surface area contributed by atoms with Crippen molar-refractivity contribution < 1.29 is 0 Å². The van der Waals surface area contributed by atoms with E-state index >= 15 is 0 Å². The Bertz CT molecular complexity index is 415. The lowest BCUT2D eigenvalue weighted by molar-refractivity contribution is 0.547. The second kappa shape index (κ2) is 4.02. The lowest BCUT2D eigenvalue weighted by atomic mass is 10.0. The van der Waals surface area contributed by atoms with Crippen LogP contribution in [0, 0.1) is 5.92 Å². The smallest absolute Gasteiger partial charge is 0.0399 e. The van der Waals surface area contributed by atoms with Crippen molar-refractivity contribution in [1.82, 2.24) is 0 Å². The summed E-state index contributed by atoms with van der Waals surface area (Å²) in [5, 5.41) is 0. The standard InChI is InChI=1S/C15H22N2/c1-2-13-10-15(13,16)11-17-9-5-7-12-6-3-4-8-14(12)17/h3-4,6,8,13H,2,5,7,9-11,16H2,1H3. The van der Waals surface area contributed by atoms with Crippen LogP contribution in [0.5, 0.6) is 0 Å². The maximum absolute atomic E-state index is 6.45. The molecule has 92 valence electrons. The number of para-hydroxylation sites is 1. The van der Waals surface area contributed by atoms with E-state index in [1.807, 2.05) is 0 Å². The first-order valence-corrected chi connectivity index (χ1v) is 6.85. The SMILES string of the molecule is CCC1CC1(N)CN1CCCc2ccccc21. The van der Waals surface area contributed by atoms with Crippen LogP contribution in [0.3, 0.4) is 0 Å². The lowest BCUT2D eigenvalue weighted by Gasteiger charge is -2.33. The summed E-state index contributed by atoms with van der Waals surface area (Å²) in [7, 11) is 0. The lowest BCUT2D eigenvalue weighted by Crippen LogP contribution is -2.43. The van der Waals surface area contributed by atoms with E-state index in [9.17, 15) is 0 Å². The van der Waals surface area contributed by atoms with E-state index in [0.29, 0.717) is 0 Å². The van der Waals surface area contributed by atoms with Crippen molar-refractivity contribution in [3.63, 3.8) is 0 Å². The van der Waals surface area contributed by atoms with Gasteiger partial charge in [0.15, 0.2) is 0 Å². The fourth-order valence-electron chi connectivity index (χ4n) is 3.28. The summed E-state index contributed by atoms with van der Waals surface area (Å²) in [6, 6.07) is 8.80. The Balaban J connectivity index is 1.78. The molecule has 1 aromatic carbocycles. The van der Waals surface area contributed by atoms with Crippen molar-refractivity contribution in [2.75, 3.05) is 18.0 Å². The summed E-state index contributed by atoms with van der Waals surface area (Å²) < 4.78 is 0. The molecule has 0 aromatic heterocycles. The van der Waals surface area contributed by atoms with Gasteiger partial charge in [-0.05, 0) is 36.8 Å². The molecule has 1 fully saturated rings. The predicted octanol–water partition coefficient (Wildman–Crippen LogP) is 2.57. The third-order valence-electron chi connectivity index (χ3n) is 4.46. The Morgan fingerprint density at radius 2 is 2.24 bits per heavy atom. The van der Waals surface area contributed by atoms with E-state index in [-0.39, 0.29) is 5.54 Å². The van der Waals surface area contributed by atoms with E-state index in [2.05, 4.69) is 36.1 Å². The Morgan fingerprint density at radius 3 is 3.00 bits per heavy atom. The van der Waals surface area contributed by atoms with Crippen molar-refractivity contribution in [2.45, 2.75) is 38.1 Å². The molecule has 0 spiro atoms. The zero-order valence-electron chi connectivity index (χ0n) is 10.7. The normalized spacial score (nSPS) is 31.2. The van der Waals surface area contributed by atoms with Crippen LogP contribution in [0.2, 0.25) is 0 Å². The Labute approximate surface area is 104 Å². The summed E-state index contributed by atoms with van der Waals surface area (Å²) in [6.07, 6.45) is 4.93. The minimum atomic E-state index is 0.0964. The molecule has 0 saturated heterocycles. The van der Waals surface area contributed by atoms with Gasteiger partial charge in [0.05, 0.1) is 0 Å². The van der Waals surface area contributed by atoms with Crippen molar-refractivity contribution in [3.8, 4) is 0 Å². The van der Waals surface area contributed by atoms with Crippen LogP contribution in [-0.2, 0) is 6.42 Å². The van der Waals surface area contributed by atoms with Gasteiger partial charge < -0.3 is 10.6 Å². The Kier molecular flexibility index (Phi) is 2.62. The zero-order chi connectivity index (χ0) is 11.9. The van der Waals surface area contributed by atoms with Gasteiger partial charge in [-0.1, -0.05) is 31.5 Å². The second-order valence-corrected chi connectivity index (χ2v) is 5.70. The molecule has 0 amide bonds. The number of aryl methyl sites for hydroxylation is 1. The van der Waals surface area contributed by atoms with Gasteiger partial charge in [-0.15, -0.1) is 0 Å². The van der Waals surface area contributed by atoms with Gasteiger partial charge in [0.1, 0.15) is 0 Å². The highest BCUT2D eigenvalue weighted by Gasteiger charge is 2.50. The van der Waals surface area contributed by atoms with Crippen LogP contribution in [-0.4, -0.2) is 18.6 Å². The minimum Gasteiger partial charge on any atom is -0.369 e. The first kappa shape index (κ1) is 11.1. The van der Waals surface area contributed by atoms with Crippen molar-refractivity contribution in [2.24, 2.45) is 11.7 Å². The maximum Gasteiger partial charge on any atom is 0.0399 e. The van der Waals surface area contributed by atoms with Crippen molar-refractivity contribution in [3.05, 3.63) is 29.8 Å². The van der Waals surface area contributed by atoms with E-state index in [0.717, 1.165) is 12.5 Å². The van der Waals surface area contributed by atoms with Gasteiger partial charge in [-0.25, -0.2) is 0 Å². The number of fused-ring (bicyclic) bond motifs is 1. The number of benzene rings is 1. The Hall–Kier alpha value is -1.02. The number of hydrogen-bond acceptors (Lipinski definition) is 2.